The average Bonchev–Trinajstić information content (AvgIpc) is 2.41. The lowest BCUT2D eigenvalue weighted by molar-refractivity contribution is -0.131. The van der Waals surface area contributed by atoms with Crippen LogP contribution in [0.25, 0.3) is 6.08 Å². The van der Waals surface area contributed by atoms with Gasteiger partial charge in [-0.1, -0.05) is 39.1 Å². The van der Waals surface area contributed by atoms with Crippen molar-refractivity contribution in [3.8, 4) is 11.5 Å². The Bertz CT molecular complexity index is 714. The van der Waals surface area contributed by atoms with Crippen molar-refractivity contribution >= 4 is 51.2 Å². The van der Waals surface area contributed by atoms with E-state index in [9.17, 15) is 4.79 Å². The molecule has 0 saturated carbocycles. The standard InChI is InChI=1S/C15H9BrCl2O3/c16-10-2-4-14(12(18)8-10)21-13-5-3-11(17)7-9(13)1-6-15(19)20/h1-8H,(H,19,20)/b6-1+. The summed E-state index contributed by atoms with van der Waals surface area (Å²) in [6.45, 7) is 0. The molecular weight excluding hydrogens is 379 g/mol. The molecule has 0 atom stereocenters. The zero-order chi connectivity index (χ0) is 15.4. The third-order valence-corrected chi connectivity index (χ3v) is 3.51. The summed E-state index contributed by atoms with van der Waals surface area (Å²) in [5.74, 6) is -0.129. The van der Waals surface area contributed by atoms with Gasteiger partial charge in [-0.3, -0.25) is 0 Å². The normalized spacial score (nSPS) is 10.8. The van der Waals surface area contributed by atoms with Crippen molar-refractivity contribution in [1.82, 2.24) is 0 Å². The molecule has 2 aromatic rings. The van der Waals surface area contributed by atoms with Gasteiger partial charge in [0.15, 0.2) is 0 Å². The molecule has 0 aliphatic heterocycles. The highest BCUT2D eigenvalue weighted by Crippen LogP contribution is 2.34. The van der Waals surface area contributed by atoms with Crippen LogP contribution < -0.4 is 4.74 Å². The van der Waals surface area contributed by atoms with Gasteiger partial charge in [0.1, 0.15) is 11.5 Å². The third kappa shape index (κ3) is 4.49. The first-order valence-electron chi connectivity index (χ1n) is 5.79. The summed E-state index contributed by atoms with van der Waals surface area (Å²) in [6.07, 6.45) is 2.43. The first-order chi connectivity index (χ1) is 9.95. The largest absolute Gasteiger partial charge is 0.478 e. The monoisotopic (exact) mass is 386 g/mol. The molecule has 2 aromatic carbocycles. The van der Waals surface area contributed by atoms with E-state index in [0.717, 1.165) is 10.5 Å². The van der Waals surface area contributed by atoms with E-state index < -0.39 is 5.97 Å². The molecule has 0 radical (unpaired) electrons. The highest BCUT2D eigenvalue weighted by atomic mass is 79.9. The van der Waals surface area contributed by atoms with E-state index in [2.05, 4.69) is 15.9 Å². The van der Waals surface area contributed by atoms with Crippen LogP contribution in [0.2, 0.25) is 10.0 Å². The Morgan fingerprint density at radius 2 is 1.86 bits per heavy atom. The number of carbonyl (C=O) groups is 1. The Labute approximate surface area is 139 Å². The van der Waals surface area contributed by atoms with Gasteiger partial charge in [-0.15, -0.1) is 0 Å². The number of halogens is 3. The lowest BCUT2D eigenvalue weighted by Crippen LogP contribution is -1.90. The lowest BCUT2D eigenvalue weighted by Gasteiger charge is -2.11. The second-order valence-corrected chi connectivity index (χ2v) is 5.79. The van der Waals surface area contributed by atoms with Crippen LogP contribution in [-0.2, 0) is 4.79 Å². The minimum Gasteiger partial charge on any atom is -0.478 e. The molecule has 3 nitrogen and oxygen atoms in total. The quantitative estimate of drug-likeness (QED) is 0.690. The minimum atomic E-state index is -1.05. The van der Waals surface area contributed by atoms with Crippen LogP contribution >= 0.6 is 39.1 Å². The van der Waals surface area contributed by atoms with Crippen molar-refractivity contribution in [2.75, 3.05) is 0 Å². The topological polar surface area (TPSA) is 46.5 Å². The van der Waals surface area contributed by atoms with Crippen LogP contribution in [-0.4, -0.2) is 11.1 Å². The molecule has 6 heteroatoms. The van der Waals surface area contributed by atoms with Crippen molar-refractivity contribution in [1.29, 1.82) is 0 Å². The number of hydrogen-bond acceptors (Lipinski definition) is 2. The van der Waals surface area contributed by atoms with Gasteiger partial charge in [-0.05, 0) is 42.5 Å². The Balaban J connectivity index is 2.37. The summed E-state index contributed by atoms with van der Waals surface area (Å²) in [5, 5.41) is 9.63. The van der Waals surface area contributed by atoms with Crippen LogP contribution in [0.15, 0.2) is 46.9 Å². The summed E-state index contributed by atoms with van der Waals surface area (Å²) in [6, 6.07) is 10.1. The molecule has 0 bridgehead atoms. The summed E-state index contributed by atoms with van der Waals surface area (Å²) in [5.41, 5.74) is 0.545. The van der Waals surface area contributed by atoms with Crippen LogP contribution in [0.1, 0.15) is 5.56 Å². The van der Waals surface area contributed by atoms with Gasteiger partial charge in [-0.25, -0.2) is 4.79 Å². The number of rotatable bonds is 4. The average molecular weight is 388 g/mol. The third-order valence-electron chi connectivity index (χ3n) is 2.49. The summed E-state index contributed by atoms with van der Waals surface area (Å²) in [4.78, 5) is 10.6. The Morgan fingerprint density at radius 3 is 2.52 bits per heavy atom. The maximum Gasteiger partial charge on any atom is 0.328 e. The number of ether oxygens (including phenoxy) is 1. The van der Waals surface area contributed by atoms with Gasteiger partial charge in [0, 0.05) is 21.1 Å². The van der Waals surface area contributed by atoms with Crippen LogP contribution in [0.4, 0.5) is 0 Å². The second-order valence-electron chi connectivity index (χ2n) is 4.03. The zero-order valence-electron chi connectivity index (χ0n) is 10.5. The SMILES string of the molecule is O=C(O)/C=C/c1cc(Cl)ccc1Oc1ccc(Br)cc1Cl. The molecule has 108 valence electrons. The lowest BCUT2D eigenvalue weighted by atomic mass is 10.2. The van der Waals surface area contributed by atoms with E-state index in [1.807, 2.05) is 0 Å². The van der Waals surface area contributed by atoms with E-state index in [-0.39, 0.29) is 0 Å². The highest BCUT2D eigenvalue weighted by Gasteiger charge is 2.08. The van der Waals surface area contributed by atoms with Crippen LogP contribution in [0.3, 0.4) is 0 Å². The van der Waals surface area contributed by atoms with Crippen LogP contribution in [0, 0.1) is 0 Å². The first-order valence-corrected chi connectivity index (χ1v) is 7.34. The van der Waals surface area contributed by atoms with Gasteiger partial charge in [0.05, 0.1) is 5.02 Å². The molecule has 0 unspecified atom stereocenters. The van der Waals surface area contributed by atoms with Crippen molar-refractivity contribution < 1.29 is 14.6 Å². The Hall–Kier alpha value is -1.49. The fourth-order valence-corrected chi connectivity index (χ4v) is 2.47. The number of aliphatic carboxylic acids is 1. The molecule has 0 saturated heterocycles. The molecule has 2 rings (SSSR count). The van der Waals surface area contributed by atoms with E-state index in [1.54, 1.807) is 36.4 Å². The van der Waals surface area contributed by atoms with Gasteiger partial charge < -0.3 is 9.84 Å². The predicted molar refractivity (Wildman–Crippen MR) is 87.3 cm³/mol. The van der Waals surface area contributed by atoms with Gasteiger partial charge >= 0.3 is 5.97 Å². The molecule has 0 spiro atoms. The molecule has 0 aromatic heterocycles. The first kappa shape index (κ1) is 15.9. The van der Waals surface area contributed by atoms with Gasteiger partial charge in [0.2, 0.25) is 0 Å². The Kier molecular flexibility index (Phi) is 5.28. The van der Waals surface area contributed by atoms with Crippen LogP contribution in [0.5, 0.6) is 11.5 Å². The minimum absolute atomic E-state index is 0.437. The summed E-state index contributed by atoms with van der Waals surface area (Å²) < 4.78 is 6.56. The smallest absolute Gasteiger partial charge is 0.328 e. The van der Waals surface area contributed by atoms with Gasteiger partial charge in [0.25, 0.3) is 0 Å². The highest BCUT2D eigenvalue weighted by molar-refractivity contribution is 9.10. The number of carboxylic acid groups (broad SMARTS) is 1. The van der Waals surface area contributed by atoms with Crippen molar-refractivity contribution in [2.45, 2.75) is 0 Å². The summed E-state index contributed by atoms with van der Waals surface area (Å²) in [7, 11) is 0. The molecule has 0 heterocycles. The zero-order valence-corrected chi connectivity index (χ0v) is 13.6. The van der Waals surface area contributed by atoms with E-state index in [0.29, 0.717) is 27.1 Å². The van der Waals surface area contributed by atoms with Crippen molar-refractivity contribution in [3.63, 3.8) is 0 Å². The second kappa shape index (κ2) is 6.98. The molecule has 0 aliphatic rings. The summed E-state index contributed by atoms with van der Waals surface area (Å²) >= 11 is 15.3. The van der Waals surface area contributed by atoms with E-state index in [4.69, 9.17) is 33.0 Å². The molecule has 0 aliphatic carbocycles. The van der Waals surface area contributed by atoms with E-state index >= 15 is 0 Å². The molecule has 1 N–H and O–H groups in total. The Morgan fingerprint density at radius 1 is 1.14 bits per heavy atom. The number of hydrogen-bond donors (Lipinski definition) is 1. The van der Waals surface area contributed by atoms with Crippen molar-refractivity contribution in [3.05, 3.63) is 62.6 Å². The molecule has 0 fully saturated rings. The maximum atomic E-state index is 10.6. The predicted octanol–water partition coefficient (Wildman–Crippen LogP) is 5.65. The molecule has 0 amide bonds. The van der Waals surface area contributed by atoms with Gasteiger partial charge in [-0.2, -0.15) is 0 Å². The van der Waals surface area contributed by atoms with E-state index in [1.165, 1.54) is 6.08 Å². The molecule has 21 heavy (non-hydrogen) atoms. The fraction of sp³-hybridized carbons (Fsp3) is 0. The fourth-order valence-electron chi connectivity index (χ4n) is 1.58. The number of benzene rings is 2. The van der Waals surface area contributed by atoms with Crippen molar-refractivity contribution in [2.24, 2.45) is 0 Å². The number of carboxylic acids is 1. The maximum absolute atomic E-state index is 10.6. The molecular formula is C15H9BrCl2O3.